The average Bonchev–Trinajstić information content (AvgIpc) is 3.48. The van der Waals surface area contributed by atoms with Gasteiger partial charge in [0.1, 0.15) is 12.1 Å². The van der Waals surface area contributed by atoms with Crippen LogP contribution in [0.2, 0.25) is 0 Å². The van der Waals surface area contributed by atoms with E-state index in [4.69, 9.17) is 10.7 Å². The van der Waals surface area contributed by atoms with Gasteiger partial charge < -0.3 is 16.0 Å². The summed E-state index contributed by atoms with van der Waals surface area (Å²) in [6.45, 7) is 8.71. The molecule has 1 aliphatic carbocycles. The van der Waals surface area contributed by atoms with Gasteiger partial charge in [0.15, 0.2) is 5.82 Å². The van der Waals surface area contributed by atoms with Crippen LogP contribution in [0.15, 0.2) is 30.0 Å². The Morgan fingerprint density at radius 3 is 2.82 bits per heavy atom. The van der Waals surface area contributed by atoms with Crippen molar-refractivity contribution in [2.45, 2.75) is 32.7 Å². The van der Waals surface area contributed by atoms with Gasteiger partial charge in [-0.25, -0.2) is 15.0 Å². The van der Waals surface area contributed by atoms with Crippen molar-refractivity contribution >= 4 is 45.0 Å². The van der Waals surface area contributed by atoms with Crippen LogP contribution in [0.4, 0.5) is 23.4 Å². The SMILES string of the molecule is Cc1csc2c(-n3nc(Nc4ccc(N5CCN(CC6CC6)[C@@H](C)C5)nc4)nc3N)ncnc12. The predicted molar refractivity (Wildman–Crippen MR) is 135 cm³/mol. The van der Waals surface area contributed by atoms with Gasteiger partial charge in [0, 0.05) is 32.2 Å². The summed E-state index contributed by atoms with van der Waals surface area (Å²) in [5, 5.41) is 9.80. The molecule has 0 spiro atoms. The molecule has 2 aliphatic rings. The molecule has 3 N–H and O–H groups in total. The second-order valence-electron chi connectivity index (χ2n) is 9.26. The van der Waals surface area contributed by atoms with Crippen molar-refractivity contribution in [2.24, 2.45) is 5.92 Å². The molecule has 5 heterocycles. The smallest absolute Gasteiger partial charge is 0.248 e. The summed E-state index contributed by atoms with van der Waals surface area (Å²) in [4.78, 5) is 22.8. The van der Waals surface area contributed by atoms with Crippen LogP contribution in [0.5, 0.6) is 0 Å². The highest BCUT2D eigenvalue weighted by Gasteiger charge is 2.30. The number of aryl methyl sites for hydroxylation is 1. The van der Waals surface area contributed by atoms with E-state index in [-0.39, 0.29) is 5.95 Å². The molecule has 0 amide bonds. The van der Waals surface area contributed by atoms with Gasteiger partial charge in [0.2, 0.25) is 11.9 Å². The number of hydrogen-bond acceptors (Lipinski definition) is 10. The van der Waals surface area contributed by atoms with Crippen molar-refractivity contribution in [3.05, 3.63) is 35.6 Å². The highest BCUT2D eigenvalue weighted by Crippen LogP contribution is 2.31. The quantitative estimate of drug-likeness (QED) is 0.433. The van der Waals surface area contributed by atoms with Crippen LogP contribution in [0, 0.1) is 12.8 Å². The number of aromatic nitrogens is 6. The second kappa shape index (κ2) is 8.48. The first-order valence-corrected chi connectivity index (χ1v) is 12.6. The lowest BCUT2D eigenvalue weighted by Crippen LogP contribution is -2.52. The molecule has 4 aromatic heterocycles. The van der Waals surface area contributed by atoms with Crippen molar-refractivity contribution in [1.82, 2.24) is 34.6 Å². The molecular formula is C23H28N10S. The lowest BCUT2D eigenvalue weighted by Gasteiger charge is -2.40. The van der Waals surface area contributed by atoms with Crippen molar-refractivity contribution in [1.29, 1.82) is 0 Å². The summed E-state index contributed by atoms with van der Waals surface area (Å²) in [6.07, 6.45) is 6.15. The Labute approximate surface area is 201 Å². The van der Waals surface area contributed by atoms with E-state index in [9.17, 15) is 0 Å². The number of nitrogens with two attached hydrogens (primary N) is 1. The monoisotopic (exact) mass is 476 g/mol. The van der Waals surface area contributed by atoms with E-state index in [0.29, 0.717) is 17.8 Å². The topological polar surface area (TPSA) is 114 Å². The number of nitrogen functional groups attached to an aromatic ring is 1. The summed E-state index contributed by atoms with van der Waals surface area (Å²) < 4.78 is 2.48. The third-order valence-corrected chi connectivity index (χ3v) is 7.71. The van der Waals surface area contributed by atoms with Gasteiger partial charge >= 0.3 is 0 Å². The van der Waals surface area contributed by atoms with Crippen LogP contribution in [-0.4, -0.2) is 66.8 Å². The minimum Gasteiger partial charge on any atom is -0.368 e. The first-order valence-electron chi connectivity index (χ1n) is 11.7. The molecule has 0 bridgehead atoms. The second-order valence-corrected chi connectivity index (χ2v) is 10.1. The van der Waals surface area contributed by atoms with Crippen molar-refractivity contribution < 1.29 is 0 Å². The van der Waals surface area contributed by atoms with Crippen LogP contribution in [0.25, 0.3) is 16.0 Å². The number of pyridine rings is 1. The predicted octanol–water partition coefficient (Wildman–Crippen LogP) is 3.22. The molecule has 176 valence electrons. The summed E-state index contributed by atoms with van der Waals surface area (Å²) in [6, 6.07) is 4.60. The van der Waals surface area contributed by atoms with E-state index in [0.717, 1.165) is 52.8 Å². The molecule has 1 aliphatic heterocycles. The molecule has 2 fully saturated rings. The molecule has 1 saturated heterocycles. The molecule has 0 radical (unpaired) electrons. The maximum atomic E-state index is 6.17. The molecule has 11 heteroatoms. The first-order chi connectivity index (χ1) is 16.5. The molecule has 10 nitrogen and oxygen atoms in total. The highest BCUT2D eigenvalue weighted by atomic mass is 32.1. The zero-order valence-corrected chi connectivity index (χ0v) is 20.2. The number of fused-ring (bicyclic) bond motifs is 1. The standard InChI is InChI=1S/C23H28N10S/c1-14-12-34-20-19(14)26-13-27-21(20)33-22(24)29-23(30-33)28-17-5-6-18(25-9-17)32-8-7-31(15(2)10-32)11-16-3-4-16/h5-6,9,12-13,15-16H,3-4,7-8,10-11H2,1-2H3,(H3,24,28,29,30)/t15-/m0/s1. The summed E-state index contributed by atoms with van der Waals surface area (Å²) >= 11 is 1.57. The Bertz CT molecular complexity index is 1310. The molecule has 0 aromatic carbocycles. The fourth-order valence-electron chi connectivity index (χ4n) is 4.52. The maximum absolute atomic E-state index is 6.17. The average molecular weight is 477 g/mol. The molecule has 1 atom stereocenters. The molecule has 4 aromatic rings. The highest BCUT2D eigenvalue weighted by molar-refractivity contribution is 7.17. The number of nitrogens with zero attached hydrogens (tertiary/aromatic N) is 8. The Morgan fingerprint density at radius 1 is 1.18 bits per heavy atom. The normalized spacial score (nSPS) is 19.1. The zero-order valence-electron chi connectivity index (χ0n) is 19.3. The van der Waals surface area contributed by atoms with E-state index >= 15 is 0 Å². The number of thiophene rings is 1. The van der Waals surface area contributed by atoms with Crippen LogP contribution in [-0.2, 0) is 0 Å². The Kier molecular flexibility index (Phi) is 5.30. The van der Waals surface area contributed by atoms with Gasteiger partial charge in [0.05, 0.1) is 22.1 Å². The number of anilines is 4. The summed E-state index contributed by atoms with van der Waals surface area (Å²) in [5.74, 6) is 3.21. The Hall–Kier alpha value is -3.31. The van der Waals surface area contributed by atoms with E-state index in [1.165, 1.54) is 25.7 Å². The third kappa shape index (κ3) is 4.05. The largest absolute Gasteiger partial charge is 0.368 e. The molecule has 1 saturated carbocycles. The van der Waals surface area contributed by atoms with Gasteiger partial charge in [-0.1, -0.05) is 0 Å². The number of rotatable bonds is 6. The lowest BCUT2D eigenvalue weighted by atomic mass is 10.1. The first kappa shape index (κ1) is 21.2. The fourth-order valence-corrected chi connectivity index (χ4v) is 5.50. The third-order valence-electron chi connectivity index (χ3n) is 6.63. The fraction of sp³-hybridized carbons (Fsp3) is 0.435. The molecule has 6 rings (SSSR count). The Morgan fingerprint density at radius 2 is 2.06 bits per heavy atom. The van der Waals surface area contributed by atoms with Gasteiger partial charge in [-0.3, -0.25) is 4.90 Å². The van der Waals surface area contributed by atoms with Crippen molar-refractivity contribution in [2.75, 3.05) is 42.1 Å². The van der Waals surface area contributed by atoms with Crippen LogP contribution < -0.4 is 16.0 Å². The summed E-state index contributed by atoms with van der Waals surface area (Å²) in [5.41, 5.74) is 8.99. The van der Waals surface area contributed by atoms with Crippen molar-refractivity contribution in [3.63, 3.8) is 0 Å². The minimum absolute atomic E-state index is 0.260. The van der Waals surface area contributed by atoms with Gasteiger partial charge in [-0.15, -0.1) is 16.4 Å². The van der Waals surface area contributed by atoms with Crippen molar-refractivity contribution in [3.8, 4) is 5.82 Å². The number of nitrogens with one attached hydrogen (secondary N) is 1. The van der Waals surface area contributed by atoms with Crippen LogP contribution in [0.3, 0.4) is 0 Å². The Balaban J connectivity index is 1.15. The molecule has 0 unspecified atom stereocenters. The van der Waals surface area contributed by atoms with Gasteiger partial charge in [-0.05, 0) is 55.7 Å². The maximum Gasteiger partial charge on any atom is 0.248 e. The number of piperazine rings is 1. The van der Waals surface area contributed by atoms with E-state index in [1.54, 1.807) is 16.0 Å². The van der Waals surface area contributed by atoms with Gasteiger partial charge in [0.25, 0.3) is 0 Å². The lowest BCUT2D eigenvalue weighted by molar-refractivity contribution is 0.181. The molecular weight excluding hydrogens is 448 g/mol. The minimum atomic E-state index is 0.260. The summed E-state index contributed by atoms with van der Waals surface area (Å²) in [7, 11) is 0. The number of hydrogen-bond donors (Lipinski definition) is 2. The van der Waals surface area contributed by atoms with Crippen LogP contribution >= 0.6 is 11.3 Å². The van der Waals surface area contributed by atoms with Gasteiger partial charge in [-0.2, -0.15) is 9.67 Å². The van der Waals surface area contributed by atoms with E-state index < -0.39 is 0 Å². The zero-order chi connectivity index (χ0) is 23.2. The molecule has 34 heavy (non-hydrogen) atoms. The van der Waals surface area contributed by atoms with E-state index in [2.05, 4.69) is 47.5 Å². The van der Waals surface area contributed by atoms with Crippen LogP contribution in [0.1, 0.15) is 25.3 Å². The van der Waals surface area contributed by atoms with E-state index in [1.807, 2.05) is 25.3 Å².